The Morgan fingerprint density at radius 1 is 0.861 bits per heavy atom. The van der Waals surface area contributed by atoms with Crippen LogP contribution in [0.4, 0.5) is 8.78 Å². The summed E-state index contributed by atoms with van der Waals surface area (Å²) in [4.78, 5) is 2.44. The largest absolute Gasteiger partial charge is 0.303 e. The van der Waals surface area contributed by atoms with Crippen LogP contribution in [0.25, 0.3) is 0 Å². The first-order chi connectivity index (χ1) is 17.4. The van der Waals surface area contributed by atoms with E-state index in [1.165, 1.54) is 12.5 Å². The second-order valence-electron chi connectivity index (χ2n) is 10.7. The van der Waals surface area contributed by atoms with Crippen molar-refractivity contribution < 1.29 is 8.78 Å². The number of halogens is 2. The van der Waals surface area contributed by atoms with E-state index in [2.05, 4.69) is 49.2 Å². The van der Waals surface area contributed by atoms with Crippen molar-refractivity contribution in [2.75, 3.05) is 13.6 Å². The number of hydrogen-bond acceptors (Lipinski definition) is 2. The van der Waals surface area contributed by atoms with Gasteiger partial charge in [-0.15, -0.1) is 0 Å². The molecule has 0 N–H and O–H groups in total. The third-order valence-electron chi connectivity index (χ3n) is 8.35. The average molecular weight is 495 g/mol. The molecular weight excluding hydrogens is 450 g/mol. The minimum absolute atomic E-state index is 0.410. The van der Waals surface area contributed by atoms with Crippen molar-refractivity contribution in [1.82, 2.24) is 4.90 Å². The van der Waals surface area contributed by atoms with Gasteiger partial charge in [-0.05, 0) is 106 Å². The van der Waals surface area contributed by atoms with Gasteiger partial charge in [0.1, 0.15) is 11.3 Å². The van der Waals surface area contributed by atoms with Crippen LogP contribution in [0.3, 0.4) is 0 Å². The standard InChI is InChI=1S/C30H41F2N.C2H3N/c1-3-25(33(2)23-18-24-12-5-4-6-13-24)16-17-26-27(29(31)19-7-8-20-29)14-11-15-28(26)30(32)21-9-10-22-30;1-2-3/h4-6,11-15,25H,3,7-10,16-23H2,1-2H3;1H3. The van der Waals surface area contributed by atoms with Crippen LogP contribution in [0, 0.1) is 11.3 Å². The van der Waals surface area contributed by atoms with Crippen molar-refractivity contribution in [3.63, 3.8) is 0 Å². The Morgan fingerprint density at radius 3 is 1.83 bits per heavy atom. The minimum Gasteiger partial charge on any atom is -0.303 e. The second-order valence-corrected chi connectivity index (χ2v) is 10.7. The highest BCUT2D eigenvalue weighted by atomic mass is 19.1. The maximum Gasteiger partial charge on any atom is 0.136 e. The molecule has 0 saturated heterocycles. The van der Waals surface area contributed by atoms with Gasteiger partial charge in [-0.3, -0.25) is 0 Å². The molecule has 0 heterocycles. The summed E-state index contributed by atoms with van der Waals surface area (Å²) in [7, 11) is 2.20. The zero-order valence-corrected chi connectivity index (χ0v) is 22.5. The summed E-state index contributed by atoms with van der Waals surface area (Å²) in [6, 6.07) is 18.6. The van der Waals surface area contributed by atoms with Gasteiger partial charge in [0.2, 0.25) is 0 Å². The lowest BCUT2D eigenvalue weighted by atomic mass is 9.80. The molecule has 2 nitrogen and oxygen atoms in total. The van der Waals surface area contributed by atoms with Gasteiger partial charge in [-0.2, -0.15) is 5.26 Å². The van der Waals surface area contributed by atoms with E-state index < -0.39 is 11.3 Å². The van der Waals surface area contributed by atoms with Gasteiger partial charge in [0.25, 0.3) is 0 Å². The predicted molar refractivity (Wildman–Crippen MR) is 145 cm³/mol. The molecule has 1 unspecified atom stereocenters. The molecule has 1 atom stereocenters. The lowest BCUT2D eigenvalue weighted by Crippen LogP contribution is -2.34. The van der Waals surface area contributed by atoms with Crippen LogP contribution in [0.2, 0.25) is 0 Å². The van der Waals surface area contributed by atoms with Gasteiger partial charge in [0.05, 0.1) is 6.07 Å². The Labute approximate surface area is 217 Å². The average Bonchev–Trinajstić information content (AvgIpc) is 3.54. The molecule has 2 aliphatic rings. The molecule has 2 aromatic rings. The molecule has 2 aliphatic carbocycles. The van der Waals surface area contributed by atoms with E-state index >= 15 is 8.78 Å². The first-order valence-electron chi connectivity index (χ1n) is 13.9. The van der Waals surface area contributed by atoms with Crippen molar-refractivity contribution in [3.05, 3.63) is 70.8 Å². The molecule has 4 rings (SSSR count). The molecule has 196 valence electrons. The number of benzene rings is 2. The number of nitrogens with zero attached hydrogens (tertiary/aromatic N) is 2. The van der Waals surface area contributed by atoms with E-state index in [1.54, 1.807) is 6.07 Å². The number of hydrogen-bond donors (Lipinski definition) is 0. The van der Waals surface area contributed by atoms with Gasteiger partial charge >= 0.3 is 0 Å². The summed E-state index contributed by atoms with van der Waals surface area (Å²) >= 11 is 0. The van der Waals surface area contributed by atoms with Crippen LogP contribution >= 0.6 is 0 Å². The molecular formula is C32H44F2N2. The highest BCUT2D eigenvalue weighted by Crippen LogP contribution is 2.49. The van der Waals surface area contributed by atoms with Crippen LogP contribution in [-0.4, -0.2) is 24.5 Å². The number of likely N-dealkylation sites (N-methyl/N-ethyl adjacent to an activating group) is 1. The first kappa shape index (κ1) is 28.3. The van der Waals surface area contributed by atoms with Crippen molar-refractivity contribution in [1.29, 1.82) is 5.26 Å². The second kappa shape index (κ2) is 13.3. The number of alkyl halides is 2. The van der Waals surface area contributed by atoms with Crippen LogP contribution in [-0.2, 0) is 24.2 Å². The van der Waals surface area contributed by atoms with Crippen molar-refractivity contribution in [3.8, 4) is 6.07 Å². The number of nitriles is 1. The van der Waals surface area contributed by atoms with Gasteiger partial charge in [0.15, 0.2) is 0 Å². The Balaban J connectivity index is 0.00000115. The normalized spacial score (nSPS) is 18.9. The van der Waals surface area contributed by atoms with E-state index in [1.807, 2.05) is 18.2 Å². The smallest absolute Gasteiger partial charge is 0.136 e. The Hall–Kier alpha value is -2.25. The maximum atomic E-state index is 16.0. The van der Waals surface area contributed by atoms with E-state index in [0.29, 0.717) is 31.7 Å². The van der Waals surface area contributed by atoms with Crippen molar-refractivity contribution in [2.45, 2.75) is 108 Å². The van der Waals surface area contributed by atoms with Gasteiger partial charge in [0, 0.05) is 19.5 Å². The summed E-state index contributed by atoms with van der Waals surface area (Å²) in [6.07, 6.45) is 9.82. The fourth-order valence-corrected chi connectivity index (χ4v) is 6.29. The first-order valence-corrected chi connectivity index (χ1v) is 13.9. The Bertz CT molecular complexity index is 929. The van der Waals surface area contributed by atoms with Crippen LogP contribution in [0.5, 0.6) is 0 Å². The fraction of sp³-hybridized carbons (Fsp3) is 0.594. The SMILES string of the molecule is CC#N.CCC(CCc1c(C2(F)CCCC2)cccc1C1(F)CCCC1)N(C)CCc1ccccc1. The topological polar surface area (TPSA) is 27.0 Å². The van der Waals surface area contributed by atoms with Crippen molar-refractivity contribution in [2.24, 2.45) is 0 Å². The zero-order valence-electron chi connectivity index (χ0n) is 22.5. The van der Waals surface area contributed by atoms with E-state index in [-0.39, 0.29) is 0 Å². The Kier molecular flexibility index (Phi) is 10.5. The van der Waals surface area contributed by atoms with Crippen molar-refractivity contribution >= 4 is 0 Å². The molecule has 2 aromatic carbocycles. The molecule has 2 saturated carbocycles. The lowest BCUT2D eigenvalue weighted by molar-refractivity contribution is 0.161. The van der Waals surface area contributed by atoms with Crippen LogP contribution < -0.4 is 0 Å². The van der Waals surface area contributed by atoms with Gasteiger partial charge in [-0.1, -0.05) is 55.5 Å². The highest BCUT2D eigenvalue weighted by molar-refractivity contribution is 5.43. The monoisotopic (exact) mass is 494 g/mol. The molecule has 0 radical (unpaired) electrons. The highest BCUT2D eigenvalue weighted by Gasteiger charge is 2.42. The molecule has 0 aromatic heterocycles. The molecule has 0 aliphatic heterocycles. The Morgan fingerprint density at radius 2 is 1.36 bits per heavy atom. The van der Waals surface area contributed by atoms with E-state index in [4.69, 9.17) is 5.26 Å². The van der Waals surface area contributed by atoms with Crippen LogP contribution in [0.15, 0.2) is 48.5 Å². The van der Waals surface area contributed by atoms with E-state index in [9.17, 15) is 0 Å². The minimum atomic E-state index is -1.28. The molecule has 4 heteroatoms. The zero-order chi connectivity index (χ0) is 26.0. The van der Waals surface area contributed by atoms with Gasteiger partial charge in [-0.25, -0.2) is 8.78 Å². The molecule has 2 fully saturated rings. The lowest BCUT2D eigenvalue weighted by Gasteiger charge is -2.32. The van der Waals surface area contributed by atoms with Crippen LogP contribution in [0.1, 0.15) is 100 Å². The summed E-state index contributed by atoms with van der Waals surface area (Å²) in [5, 5.41) is 7.32. The molecule has 36 heavy (non-hydrogen) atoms. The third kappa shape index (κ3) is 6.94. The predicted octanol–water partition coefficient (Wildman–Crippen LogP) is 8.58. The fourth-order valence-electron chi connectivity index (χ4n) is 6.29. The quantitative estimate of drug-likeness (QED) is 0.331. The van der Waals surface area contributed by atoms with E-state index in [0.717, 1.165) is 74.6 Å². The molecule has 0 bridgehead atoms. The molecule has 0 amide bonds. The number of rotatable bonds is 10. The maximum absolute atomic E-state index is 16.0. The van der Waals surface area contributed by atoms with Gasteiger partial charge < -0.3 is 4.90 Å². The molecule has 0 spiro atoms. The third-order valence-corrected chi connectivity index (χ3v) is 8.35. The summed E-state index contributed by atoms with van der Waals surface area (Å²) in [6.45, 7) is 4.66. The summed E-state index contributed by atoms with van der Waals surface area (Å²) in [5.74, 6) is 0. The summed E-state index contributed by atoms with van der Waals surface area (Å²) < 4.78 is 32.1. The summed E-state index contributed by atoms with van der Waals surface area (Å²) in [5.41, 5.74) is 1.38.